The van der Waals surface area contributed by atoms with Crippen molar-refractivity contribution in [2.75, 3.05) is 0 Å². The molecule has 2 unspecified atom stereocenters. The Labute approximate surface area is 87.8 Å². The van der Waals surface area contributed by atoms with Gasteiger partial charge in [-0.2, -0.15) is 5.26 Å². The van der Waals surface area contributed by atoms with E-state index in [-0.39, 0.29) is 5.92 Å². The van der Waals surface area contributed by atoms with E-state index >= 15 is 0 Å². The highest BCUT2D eigenvalue weighted by atomic mass is 14.3. The van der Waals surface area contributed by atoms with Crippen LogP contribution in [0, 0.1) is 23.2 Å². The summed E-state index contributed by atoms with van der Waals surface area (Å²) in [6.45, 7) is 4.41. The van der Waals surface area contributed by atoms with Crippen LogP contribution < -0.4 is 0 Å². The van der Waals surface area contributed by atoms with Gasteiger partial charge in [-0.05, 0) is 38.0 Å². The zero-order valence-electron chi connectivity index (χ0n) is 9.42. The third-order valence-electron chi connectivity index (χ3n) is 3.18. The second kappa shape index (κ2) is 5.86. The summed E-state index contributed by atoms with van der Waals surface area (Å²) < 4.78 is 0. The molecule has 0 aliphatic heterocycles. The molecule has 0 aromatic heterocycles. The Morgan fingerprint density at radius 1 is 1.50 bits per heavy atom. The summed E-state index contributed by atoms with van der Waals surface area (Å²) in [5.74, 6) is 0.726. The predicted molar refractivity (Wildman–Crippen MR) is 59.7 cm³/mol. The van der Waals surface area contributed by atoms with Gasteiger partial charge in [0.15, 0.2) is 0 Å². The van der Waals surface area contributed by atoms with E-state index in [1.807, 2.05) is 0 Å². The van der Waals surface area contributed by atoms with Gasteiger partial charge < -0.3 is 0 Å². The first kappa shape index (κ1) is 11.3. The average Bonchev–Trinajstić information content (AvgIpc) is 2.21. The number of rotatable bonds is 4. The van der Waals surface area contributed by atoms with Gasteiger partial charge in [0.2, 0.25) is 0 Å². The minimum atomic E-state index is 0.190. The van der Waals surface area contributed by atoms with Crippen molar-refractivity contribution in [3.05, 3.63) is 11.6 Å². The Bertz CT molecular complexity index is 234. The van der Waals surface area contributed by atoms with Crippen LogP contribution in [0.2, 0.25) is 0 Å². The summed E-state index contributed by atoms with van der Waals surface area (Å²) in [5.41, 5.74) is 1.42. The molecule has 0 saturated heterocycles. The first-order chi connectivity index (χ1) is 6.79. The van der Waals surface area contributed by atoms with E-state index in [1.165, 1.54) is 37.7 Å². The van der Waals surface area contributed by atoms with Gasteiger partial charge >= 0.3 is 0 Å². The molecule has 1 aliphatic carbocycles. The Kier molecular flexibility index (Phi) is 4.73. The summed E-state index contributed by atoms with van der Waals surface area (Å²) >= 11 is 0. The lowest BCUT2D eigenvalue weighted by atomic mass is 9.81. The zero-order valence-corrected chi connectivity index (χ0v) is 9.42. The molecular weight excluding hydrogens is 170 g/mol. The molecule has 0 saturated carbocycles. The topological polar surface area (TPSA) is 23.8 Å². The molecule has 0 aromatic rings. The van der Waals surface area contributed by atoms with E-state index in [2.05, 4.69) is 26.0 Å². The van der Waals surface area contributed by atoms with Gasteiger partial charge in [0, 0.05) is 0 Å². The number of hydrogen-bond acceptors (Lipinski definition) is 1. The van der Waals surface area contributed by atoms with Crippen LogP contribution in [0.5, 0.6) is 0 Å². The Morgan fingerprint density at radius 3 is 2.79 bits per heavy atom. The number of allylic oxidation sites excluding steroid dienone is 2. The summed E-state index contributed by atoms with van der Waals surface area (Å²) in [4.78, 5) is 0. The van der Waals surface area contributed by atoms with Crippen LogP contribution in [0.3, 0.4) is 0 Å². The lowest BCUT2D eigenvalue weighted by Gasteiger charge is -2.22. The molecule has 2 atom stereocenters. The first-order valence-electron chi connectivity index (χ1n) is 5.88. The average molecular weight is 191 g/mol. The van der Waals surface area contributed by atoms with E-state index in [0.717, 1.165) is 6.42 Å². The highest BCUT2D eigenvalue weighted by Crippen LogP contribution is 2.30. The highest BCUT2D eigenvalue weighted by molar-refractivity contribution is 5.17. The SMILES string of the molecule is CCCC(C)C(C#N)C1=CCCCC1. The Hall–Kier alpha value is -0.770. The largest absolute Gasteiger partial charge is 0.198 e. The molecular formula is C13H21N. The fourth-order valence-corrected chi connectivity index (χ4v) is 2.34. The van der Waals surface area contributed by atoms with Crippen molar-refractivity contribution in [2.45, 2.75) is 52.4 Å². The molecule has 0 fully saturated rings. The second-order valence-electron chi connectivity index (χ2n) is 4.40. The maximum atomic E-state index is 9.18. The highest BCUT2D eigenvalue weighted by Gasteiger charge is 2.21. The monoisotopic (exact) mass is 191 g/mol. The lowest BCUT2D eigenvalue weighted by Crippen LogP contribution is -2.14. The van der Waals surface area contributed by atoms with Crippen LogP contribution in [-0.2, 0) is 0 Å². The molecule has 1 aliphatic rings. The first-order valence-corrected chi connectivity index (χ1v) is 5.88. The zero-order chi connectivity index (χ0) is 10.4. The number of nitriles is 1. The molecule has 0 bridgehead atoms. The molecule has 14 heavy (non-hydrogen) atoms. The van der Waals surface area contributed by atoms with Gasteiger partial charge in [0.25, 0.3) is 0 Å². The van der Waals surface area contributed by atoms with Crippen molar-refractivity contribution in [3.8, 4) is 6.07 Å². The van der Waals surface area contributed by atoms with Crippen LogP contribution in [0.25, 0.3) is 0 Å². The van der Waals surface area contributed by atoms with Crippen LogP contribution in [0.15, 0.2) is 11.6 Å². The molecule has 0 amide bonds. The van der Waals surface area contributed by atoms with Gasteiger partial charge in [0.05, 0.1) is 12.0 Å². The summed E-state index contributed by atoms with van der Waals surface area (Å²) in [6.07, 6.45) is 9.61. The second-order valence-corrected chi connectivity index (χ2v) is 4.40. The minimum Gasteiger partial charge on any atom is -0.198 e. The van der Waals surface area contributed by atoms with Gasteiger partial charge in [-0.3, -0.25) is 0 Å². The quantitative estimate of drug-likeness (QED) is 0.615. The molecule has 1 heteroatoms. The third-order valence-corrected chi connectivity index (χ3v) is 3.18. The van der Waals surface area contributed by atoms with E-state index in [9.17, 15) is 5.26 Å². The van der Waals surface area contributed by atoms with Crippen molar-refractivity contribution in [1.29, 1.82) is 5.26 Å². The van der Waals surface area contributed by atoms with E-state index in [4.69, 9.17) is 0 Å². The van der Waals surface area contributed by atoms with Gasteiger partial charge in [-0.15, -0.1) is 0 Å². The standard InChI is InChI=1S/C13H21N/c1-3-7-11(2)13(10-14)12-8-5-4-6-9-12/h8,11,13H,3-7,9H2,1-2H3. The summed E-state index contributed by atoms with van der Waals surface area (Å²) in [6, 6.07) is 2.49. The number of hydrogen-bond donors (Lipinski definition) is 0. The molecule has 0 radical (unpaired) electrons. The van der Waals surface area contributed by atoms with Crippen molar-refractivity contribution in [3.63, 3.8) is 0 Å². The maximum absolute atomic E-state index is 9.18. The van der Waals surface area contributed by atoms with Gasteiger partial charge in [-0.1, -0.05) is 31.9 Å². The summed E-state index contributed by atoms with van der Waals surface area (Å²) in [5, 5.41) is 9.18. The van der Waals surface area contributed by atoms with E-state index in [0.29, 0.717) is 5.92 Å². The Balaban J connectivity index is 2.61. The van der Waals surface area contributed by atoms with E-state index in [1.54, 1.807) is 0 Å². The predicted octanol–water partition coefficient (Wildman–Crippen LogP) is 4.06. The maximum Gasteiger partial charge on any atom is 0.0703 e. The van der Waals surface area contributed by atoms with Crippen LogP contribution in [0.1, 0.15) is 52.4 Å². The normalized spacial score (nSPS) is 20.8. The molecule has 0 aromatic carbocycles. The van der Waals surface area contributed by atoms with Crippen LogP contribution in [-0.4, -0.2) is 0 Å². The fraction of sp³-hybridized carbons (Fsp3) is 0.769. The van der Waals surface area contributed by atoms with E-state index < -0.39 is 0 Å². The third kappa shape index (κ3) is 2.87. The summed E-state index contributed by atoms with van der Waals surface area (Å²) in [7, 11) is 0. The van der Waals surface area contributed by atoms with Crippen LogP contribution >= 0.6 is 0 Å². The van der Waals surface area contributed by atoms with Crippen LogP contribution in [0.4, 0.5) is 0 Å². The smallest absolute Gasteiger partial charge is 0.0703 e. The van der Waals surface area contributed by atoms with Crippen molar-refractivity contribution >= 4 is 0 Å². The van der Waals surface area contributed by atoms with Gasteiger partial charge in [-0.25, -0.2) is 0 Å². The molecule has 78 valence electrons. The number of nitrogens with zero attached hydrogens (tertiary/aromatic N) is 1. The molecule has 0 N–H and O–H groups in total. The molecule has 0 heterocycles. The molecule has 1 nitrogen and oxygen atoms in total. The van der Waals surface area contributed by atoms with Crippen molar-refractivity contribution in [2.24, 2.45) is 11.8 Å². The minimum absolute atomic E-state index is 0.190. The van der Waals surface area contributed by atoms with Crippen molar-refractivity contribution < 1.29 is 0 Å². The Morgan fingerprint density at radius 2 is 2.29 bits per heavy atom. The van der Waals surface area contributed by atoms with Gasteiger partial charge in [0.1, 0.15) is 0 Å². The molecule has 1 rings (SSSR count). The fourth-order valence-electron chi connectivity index (χ4n) is 2.34. The molecule has 0 spiro atoms. The lowest BCUT2D eigenvalue weighted by molar-refractivity contribution is 0.430. The van der Waals surface area contributed by atoms with Crippen molar-refractivity contribution in [1.82, 2.24) is 0 Å².